The van der Waals surface area contributed by atoms with E-state index in [0.29, 0.717) is 5.56 Å². The van der Waals surface area contributed by atoms with Crippen molar-refractivity contribution in [2.75, 3.05) is 0 Å². The second-order valence-electron chi connectivity index (χ2n) is 9.99. The Labute approximate surface area is 230 Å². The number of hydrogen-bond donors (Lipinski definition) is 0. The molecule has 5 aromatic carbocycles. The summed E-state index contributed by atoms with van der Waals surface area (Å²) in [7, 11) is 0. The van der Waals surface area contributed by atoms with Gasteiger partial charge >= 0.3 is 0 Å². The van der Waals surface area contributed by atoms with Gasteiger partial charge in [-0.1, -0.05) is 66.7 Å². The number of nitriles is 1. The fourth-order valence-electron chi connectivity index (χ4n) is 5.78. The van der Waals surface area contributed by atoms with Crippen molar-refractivity contribution in [1.29, 1.82) is 5.26 Å². The molecule has 0 saturated carbocycles. The van der Waals surface area contributed by atoms with E-state index in [9.17, 15) is 0 Å². The molecule has 0 aliphatic rings. The highest BCUT2D eigenvalue weighted by atomic mass is 16.3. The van der Waals surface area contributed by atoms with Gasteiger partial charge in [0.15, 0.2) is 0 Å². The van der Waals surface area contributed by atoms with Gasteiger partial charge < -0.3 is 8.98 Å². The molecule has 0 saturated heterocycles. The van der Waals surface area contributed by atoms with Gasteiger partial charge in [0.2, 0.25) is 0 Å². The molecule has 0 atom stereocenters. The van der Waals surface area contributed by atoms with E-state index in [2.05, 4.69) is 107 Å². The van der Waals surface area contributed by atoms with Gasteiger partial charge in [-0.25, -0.2) is 0 Å². The van der Waals surface area contributed by atoms with Crippen LogP contribution in [0, 0.1) is 11.3 Å². The first kappa shape index (κ1) is 22.3. The minimum atomic E-state index is 0.554. The Morgan fingerprint density at radius 3 is 2.20 bits per heavy atom. The highest BCUT2D eigenvalue weighted by Gasteiger charge is 2.16. The van der Waals surface area contributed by atoms with Crippen LogP contribution in [0.4, 0.5) is 0 Å². The maximum atomic E-state index is 9.12. The number of hydrogen-bond acceptors (Lipinski definition) is 3. The van der Waals surface area contributed by atoms with E-state index in [1.165, 1.54) is 10.8 Å². The summed E-state index contributed by atoms with van der Waals surface area (Å²) in [6, 6.07) is 44.1. The normalized spacial score (nSPS) is 11.5. The molecule has 0 N–H and O–H groups in total. The number of fused-ring (bicyclic) bond motifs is 6. The van der Waals surface area contributed by atoms with Crippen LogP contribution in [-0.4, -0.2) is 9.55 Å². The molecule has 8 aromatic rings. The van der Waals surface area contributed by atoms with E-state index >= 15 is 0 Å². The average Bonchev–Trinajstić information content (AvgIpc) is 3.55. The molecular weight excluding hydrogens is 490 g/mol. The molecule has 0 fully saturated rings. The largest absolute Gasteiger partial charge is 0.456 e. The predicted molar refractivity (Wildman–Crippen MR) is 161 cm³/mol. The minimum absolute atomic E-state index is 0.554. The molecule has 186 valence electrons. The van der Waals surface area contributed by atoms with Crippen LogP contribution in [0.1, 0.15) is 5.56 Å². The van der Waals surface area contributed by atoms with E-state index < -0.39 is 0 Å². The number of aromatic nitrogens is 2. The molecule has 3 heterocycles. The first-order valence-electron chi connectivity index (χ1n) is 13.2. The third kappa shape index (κ3) is 3.42. The molecule has 3 aromatic heterocycles. The smallest absolute Gasteiger partial charge is 0.137 e. The summed E-state index contributed by atoms with van der Waals surface area (Å²) in [6.07, 6.45) is 1.61. The molecule has 0 aliphatic heterocycles. The van der Waals surface area contributed by atoms with Crippen molar-refractivity contribution in [2.24, 2.45) is 0 Å². The van der Waals surface area contributed by atoms with Crippen molar-refractivity contribution in [1.82, 2.24) is 9.55 Å². The zero-order valence-electron chi connectivity index (χ0n) is 21.4. The SMILES string of the molecule is N#Cc1ccc(-c2cccc(-c3cccc(-n4c5ccccc5c5cc6c(cc54)oc4ccccc46)c3)c2)nc1. The number of nitrogens with zero attached hydrogens (tertiary/aromatic N) is 3. The van der Waals surface area contributed by atoms with Gasteiger partial charge in [-0.05, 0) is 59.7 Å². The average molecular weight is 512 g/mol. The third-order valence-corrected chi connectivity index (χ3v) is 7.66. The Morgan fingerprint density at radius 2 is 1.35 bits per heavy atom. The number of rotatable bonds is 3. The number of furan rings is 1. The van der Waals surface area contributed by atoms with Gasteiger partial charge in [-0.3, -0.25) is 4.98 Å². The Bertz CT molecular complexity index is 2280. The van der Waals surface area contributed by atoms with Gasteiger partial charge in [-0.15, -0.1) is 0 Å². The van der Waals surface area contributed by atoms with Crippen LogP contribution in [0.25, 0.3) is 71.8 Å². The van der Waals surface area contributed by atoms with Crippen LogP contribution in [0.3, 0.4) is 0 Å². The fourth-order valence-corrected chi connectivity index (χ4v) is 5.78. The summed E-state index contributed by atoms with van der Waals surface area (Å²) in [5, 5.41) is 13.8. The van der Waals surface area contributed by atoms with Gasteiger partial charge in [0, 0.05) is 45.1 Å². The molecule has 0 amide bonds. The van der Waals surface area contributed by atoms with Crippen molar-refractivity contribution >= 4 is 43.7 Å². The van der Waals surface area contributed by atoms with Gasteiger partial charge in [0.05, 0.1) is 22.3 Å². The van der Waals surface area contributed by atoms with Gasteiger partial charge in [0.1, 0.15) is 17.2 Å². The molecule has 0 spiro atoms. The van der Waals surface area contributed by atoms with Gasteiger partial charge in [0.25, 0.3) is 0 Å². The Hall–Kier alpha value is -5.66. The Balaban J connectivity index is 1.31. The Kier molecular flexibility index (Phi) is 4.85. The monoisotopic (exact) mass is 511 g/mol. The summed E-state index contributed by atoms with van der Waals surface area (Å²) in [5.41, 5.74) is 9.76. The summed E-state index contributed by atoms with van der Waals surface area (Å²) in [4.78, 5) is 4.49. The number of benzene rings is 5. The topological polar surface area (TPSA) is 54.8 Å². The van der Waals surface area contributed by atoms with Crippen molar-refractivity contribution in [3.05, 3.63) is 133 Å². The van der Waals surface area contributed by atoms with E-state index in [1.54, 1.807) is 12.3 Å². The van der Waals surface area contributed by atoms with Crippen LogP contribution >= 0.6 is 0 Å². The van der Waals surface area contributed by atoms with E-state index in [-0.39, 0.29) is 0 Å². The van der Waals surface area contributed by atoms with Crippen molar-refractivity contribution in [3.63, 3.8) is 0 Å². The highest BCUT2D eigenvalue weighted by Crippen LogP contribution is 2.38. The van der Waals surface area contributed by atoms with E-state index in [0.717, 1.165) is 61.0 Å². The zero-order valence-corrected chi connectivity index (χ0v) is 21.4. The molecule has 0 aliphatic carbocycles. The lowest BCUT2D eigenvalue weighted by molar-refractivity contribution is 0.669. The second-order valence-corrected chi connectivity index (χ2v) is 9.99. The standard InChI is InChI=1S/C36H21N3O/c37-21-23-15-16-32(38-22-23)26-9-5-7-24(17-26)25-8-6-10-27(18-25)39-33-13-3-1-11-28(33)30-19-31-29-12-2-4-14-35(29)40-36(31)20-34(30)39/h1-20,22H. The molecule has 0 unspecified atom stereocenters. The number of pyridine rings is 1. The molecule has 4 heteroatoms. The van der Waals surface area contributed by atoms with Crippen molar-refractivity contribution in [2.45, 2.75) is 0 Å². The molecule has 8 rings (SSSR count). The zero-order chi connectivity index (χ0) is 26.6. The maximum absolute atomic E-state index is 9.12. The lowest BCUT2D eigenvalue weighted by Crippen LogP contribution is -1.94. The second kappa shape index (κ2) is 8.69. The first-order valence-corrected chi connectivity index (χ1v) is 13.2. The minimum Gasteiger partial charge on any atom is -0.456 e. The van der Waals surface area contributed by atoms with E-state index in [4.69, 9.17) is 9.68 Å². The lowest BCUT2D eigenvalue weighted by Gasteiger charge is -2.11. The molecule has 4 nitrogen and oxygen atoms in total. The predicted octanol–water partition coefficient (Wildman–Crippen LogP) is 9.28. The molecule has 0 bridgehead atoms. The molecule has 40 heavy (non-hydrogen) atoms. The summed E-state index contributed by atoms with van der Waals surface area (Å²) >= 11 is 0. The Morgan fingerprint density at radius 1 is 0.575 bits per heavy atom. The molecule has 0 radical (unpaired) electrons. The van der Waals surface area contributed by atoms with Crippen LogP contribution in [0.2, 0.25) is 0 Å². The van der Waals surface area contributed by atoms with Crippen LogP contribution in [-0.2, 0) is 0 Å². The van der Waals surface area contributed by atoms with Crippen molar-refractivity contribution in [3.8, 4) is 34.1 Å². The quantitative estimate of drug-likeness (QED) is 0.237. The van der Waals surface area contributed by atoms with Gasteiger partial charge in [-0.2, -0.15) is 5.26 Å². The van der Waals surface area contributed by atoms with Crippen LogP contribution < -0.4 is 0 Å². The number of para-hydroxylation sites is 2. The van der Waals surface area contributed by atoms with Crippen LogP contribution in [0.5, 0.6) is 0 Å². The van der Waals surface area contributed by atoms with Crippen LogP contribution in [0.15, 0.2) is 132 Å². The summed E-state index contributed by atoms with van der Waals surface area (Å²) in [5.74, 6) is 0. The highest BCUT2D eigenvalue weighted by molar-refractivity contribution is 6.17. The maximum Gasteiger partial charge on any atom is 0.137 e. The lowest BCUT2D eigenvalue weighted by atomic mass is 10.0. The summed E-state index contributed by atoms with van der Waals surface area (Å²) in [6.45, 7) is 0. The molecular formula is C36H21N3O. The van der Waals surface area contributed by atoms with Crippen molar-refractivity contribution < 1.29 is 4.42 Å². The summed E-state index contributed by atoms with van der Waals surface area (Å²) < 4.78 is 8.60. The first-order chi connectivity index (χ1) is 19.8. The van der Waals surface area contributed by atoms with E-state index in [1.807, 2.05) is 24.3 Å². The third-order valence-electron chi connectivity index (χ3n) is 7.66. The fraction of sp³-hybridized carbons (Fsp3) is 0.